The molecule has 2 atom stereocenters. The van der Waals surface area contributed by atoms with Crippen molar-refractivity contribution in [2.75, 3.05) is 12.3 Å². The van der Waals surface area contributed by atoms with Crippen molar-refractivity contribution in [1.29, 1.82) is 0 Å². The molecule has 0 spiro atoms. The van der Waals surface area contributed by atoms with Crippen LogP contribution in [0.25, 0.3) is 0 Å². The number of nitrogens with one attached hydrogen (secondary N) is 2. The van der Waals surface area contributed by atoms with Crippen molar-refractivity contribution in [2.24, 2.45) is 4.99 Å². The molecule has 2 rings (SSSR count). The number of rotatable bonds is 7. The van der Waals surface area contributed by atoms with Crippen LogP contribution in [0.2, 0.25) is 0 Å². The number of guanidine groups is 1. The van der Waals surface area contributed by atoms with Crippen molar-refractivity contribution in [1.82, 2.24) is 15.8 Å². The molecule has 2 unspecified atom stereocenters. The molecule has 0 radical (unpaired) electrons. The van der Waals surface area contributed by atoms with Gasteiger partial charge in [-0.1, -0.05) is 32.3 Å². The van der Waals surface area contributed by atoms with Gasteiger partial charge in [0, 0.05) is 23.9 Å². The number of thioether (sulfide) groups is 1. The molecule has 1 aliphatic rings. The first kappa shape index (κ1) is 19.2. The van der Waals surface area contributed by atoms with E-state index in [0.29, 0.717) is 18.5 Å². The third-order valence-electron chi connectivity index (χ3n) is 4.28. The molecule has 0 aliphatic heterocycles. The van der Waals surface area contributed by atoms with Gasteiger partial charge in [0.05, 0.1) is 5.69 Å². The molecule has 136 valence electrons. The summed E-state index contributed by atoms with van der Waals surface area (Å²) < 4.78 is 5.38. The first-order valence-electron chi connectivity index (χ1n) is 9.24. The van der Waals surface area contributed by atoms with Gasteiger partial charge in [0.15, 0.2) is 11.7 Å². The Morgan fingerprint density at radius 1 is 1.42 bits per heavy atom. The van der Waals surface area contributed by atoms with Crippen molar-refractivity contribution < 1.29 is 4.52 Å². The van der Waals surface area contributed by atoms with Crippen LogP contribution in [0.5, 0.6) is 0 Å². The largest absolute Gasteiger partial charge is 0.359 e. The lowest BCUT2D eigenvalue weighted by Crippen LogP contribution is -2.45. The van der Waals surface area contributed by atoms with Crippen LogP contribution in [0.4, 0.5) is 0 Å². The van der Waals surface area contributed by atoms with E-state index < -0.39 is 0 Å². The highest BCUT2D eigenvalue weighted by atomic mass is 32.2. The molecule has 1 aromatic heterocycles. The van der Waals surface area contributed by atoms with Gasteiger partial charge in [0.25, 0.3) is 0 Å². The summed E-state index contributed by atoms with van der Waals surface area (Å²) in [6.07, 6.45) is 5.10. The molecule has 1 heterocycles. The maximum atomic E-state index is 5.38. The summed E-state index contributed by atoms with van der Waals surface area (Å²) in [6.45, 7) is 9.96. The lowest BCUT2D eigenvalue weighted by molar-refractivity contribution is 0.375. The van der Waals surface area contributed by atoms with Crippen LogP contribution in [0.1, 0.15) is 70.8 Å². The van der Waals surface area contributed by atoms with E-state index in [9.17, 15) is 0 Å². The Hall–Kier alpha value is -1.17. The average molecular weight is 353 g/mol. The Kier molecular flexibility index (Phi) is 7.95. The molecular formula is C18H32N4OS. The lowest BCUT2D eigenvalue weighted by atomic mass is 9.95. The number of hydrogen-bond acceptors (Lipinski definition) is 4. The van der Waals surface area contributed by atoms with E-state index >= 15 is 0 Å². The summed E-state index contributed by atoms with van der Waals surface area (Å²) in [5, 5.41) is 11.8. The van der Waals surface area contributed by atoms with Crippen LogP contribution in [-0.4, -0.2) is 34.7 Å². The van der Waals surface area contributed by atoms with Gasteiger partial charge in [0.2, 0.25) is 0 Å². The Bertz CT molecular complexity index is 513. The molecule has 24 heavy (non-hydrogen) atoms. The first-order valence-corrected chi connectivity index (χ1v) is 10.3. The fraction of sp³-hybridized carbons (Fsp3) is 0.778. The molecular weight excluding hydrogens is 320 g/mol. The van der Waals surface area contributed by atoms with Gasteiger partial charge in [-0.25, -0.2) is 4.99 Å². The van der Waals surface area contributed by atoms with Crippen molar-refractivity contribution in [3.63, 3.8) is 0 Å². The van der Waals surface area contributed by atoms with Crippen LogP contribution in [0, 0.1) is 0 Å². The van der Waals surface area contributed by atoms with Crippen molar-refractivity contribution in [2.45, 2.75) is 77.1 Å². The highest BCUT2D eigenvalue weighted by molar-refractivity contribution is 7.99. The molecule has 5 nitrogen and oxygen atoms in total. The van der Waals surface area contributed by atoms with Crippen LogP contribution in [0.3, 0.4) is 0 Å². The first-order chi connectivity index (χ1) is 11.6. The summed E-state index contributed by atoms with van der Waals surface area (Å²) in [7, 11) is 0. The highest BCUT2D eigenvalue weighted by Gasteiger charge is 2.22. The van der Waals surface area contributed by atoms with Gasteiger partial charge in [-0.15, -0.1) is 0 Å². The van der Waals surface area contributed by atoms with Gasteiger partial charge in [-0.2, -0.15) is 11.8 Å². The van der Waals surface area contributed by atoms with E-state index in [0.717, 1.165) is 29.2 Å². The standard InChI is InChI=1S/C18H32N4OS/c1-5-19-18(20-12-15-11-17(13(3)4)22-23-15)21-14-8-7-9-16(10-14)24-6-2/h11,13-14,16H,5-10,12H2,1-4H3,(H2,19,20,21). The Labute approximate surface area is 150 Å². The second-order valence-electron chi connectivity index (χ2n) is 6.65. The summed E-state index contributed by atoms with van der Waals surface area (Å²) in [6, 6.07) is 2.52. The molecule has 0 bridgehead atoms. The zero-order valence-electron chi connectivity index (χ0n) is 15.5. The number of nitrogens with zero attached hydrogens (tertiary/aromatic N) is 2. The van der Waals surface area contributed by atoms with Gasteiger partial charge in [-0.3, -0.25) is 0 Å². The Morgan fingerprint density at radius 2 is 2.25 bits per heavy atom. The van der Waals surface area contributed by atoms with E-state index in [1.807, 2.05) is 6.07 Å². The zero-order chi connectivity index (χ0) is 17.4. The van der Waals surface area contributed by atoms with Gasteiger partial charge >= 0.3 is 0 Å². The van der Waals surface area contributed by atoms with E-state index in [1.165, 1.54) is 31.4 Å². The Balaban J connectivity index is 1.92. The second-order valence-corrected chi connectivity index (χ2v) is 8.23. The fourth-order valence-corrected chi connectivity index (χ4v) is 4.18. The van der Waals surface area contributed by atoms with Gasteiger partial charge < -0.3 is 15.2 Å². The Morgan fingerprint density at radius 3 is 2.92 bits per heavy atom. The number of hydrogen-bond donors (Lipinski definition) is 2. The predicted octanol–water partition coefficient (Wildman–Crippen LogP) is 3.92. The minimum atomic E-state index is 0.382. The molecule has 0 aromatic carbocycles. The quantitative estimate of drug-likeness (QED) is 0.575. The zero-order valence-corrected chi connectivity index (χ0v) is 16.3. The molecule has 0 saturated heterocycles. The van der Waals surface area contributed by atoms with Crippen LogP contribution < -0.4 is 10.6 Å². The van der Waals surface area contributed by atoms with Gasteiger partial charge in [-0.05, 0) is 37.9 Å². The molecule has 1 fully saturated rings. The maximum absolute atomic E-state index is 5.38. The molecule has 2 N–H and O–H groups in total. The monoisotopic (exact) mass is 352 g/mol. The fourth-order valence-electron chi connectivity index (χ4n) is 3.01. The highest BCUT2D eigenvalue weighted by Crippen LogP contribution is 2.28. The topological polar surface area (TPSA) is 62.5 Å². The van der Waals surface area contributed by atoms with E-state index in [2.05, 4.69) is 60.2 Å². The predicted molar refractivity (Wildman–Crippen MR) is 103 cm³/mol. The minimum absolute atomic E-state index is 0.382. The van der Waals surface area contributed by atoms with Gasteiger partial charge in [0.1, 0.15) is 6.54 Å². The van der Waals surface area contributed by atoms with Crippen LogP contribution >= 0.6 is 11.8 Å². The van der Waals surface area contributed by atoms with E-state index in [1.54, 1.807) is 0 Å². The van der Waals surface area contributed by atoms with Crippen molar-refractivity contribution in [3.05, 3.63) is 17.5 Å². The summed E-state index contributed by atoms with van der Waals surface area (Å²) >= 11 is 2.09. The van der Waals surface area contributed by atoms with Crippen LogP contribution in [0.15, 0.2) is 15.6 Å². The van der Waals surface area contributed by atoms with Crippen molar-refractivity contribution in [3.8, 4) is 0 Å². The van der Waals surface area contributed by atoms with E-state index in [-0.39, 0.29) is 0 Å². The average Bonchev–Trinajstić information content (AvgIpc) is 3.03. The molecule has 6 heteroatoms. The SMILES string of the molecule is CCNC(=NCc1cc(C(C)C)no1)NC1CCCC(SCC)C1. The van der Waals surface area contributed by atoms with Crippen molar-refractivity contribution >= 4 is 17.7 Å². The normalized spacial score (nSPS) is 22.0. The minimum Gasteiger partial charge on any atom is -0.359 e. The van der Waals surface area contributed by atoms with Crippen LogP contribution in [-0.2, 0) is 6.54 Å². The molecule has 0 amide bonds. The summed E-state index contributed by atoms with van der Waals surface area (Å²) in [5.41, 5.74) is 0.991. The maximum Gasteiger partial charge on any atom is 0.191 e. The van der Waals surface area contributed by atoms with E-state index in [4.69, 9.17) is 4.52 Å². The molecule has 1 saturated carbocycles. The molecule has 1 aliphatic carbocycles. The summed E-state index contributed by atoms with van der Waals surface area (Å²) in [4.78, 5) is 4.68. The smallest absolute Gasteiger partial charge is 0.191 e. The molecule has 1 aromatic rings. The second kappa shape index (κ2) is 9.97. The summed E-state index contributed by atoms with van der Waals surface area (Å²) in [5.74, 6) is 3.29. The lowest BCUT2D eigenvalue weighted by Gasteiger charge is -2.30. The number of aromatic nitrogens is 1. The third-order valence-corrected chi connectivity index (χ3v) is 5.51. The number of aliphatic imine (C=N–C) groups is 1. The third kappa shape index (κ3) is 6.04.